The highest BCUT2D eigenvalue weighted by Crippen LogP contribution is 2.35. The Morgan fingerprint density at radius 3 is 2.48 bits per heavy atom. The van der Waals surface area contributed by atoms with E-state index in [2.05, 4.69) is 10.1 Å². The first-order valence-electron chi connectivity index (χ1n) is 8.62. The van der Waals surface area contributed by atoms with Crippen LogP contribution in [0.25, 0.3) is 5.69 Å². The average molecular weight is 454 g/mol. The number of ether oxygens (including phenoxy) is 1. The average Bonchev–Trinajstić information content (AvgIpc) is 3.33. The molecule has 0 aliphatic heterocycles. The number of nitrogens with zero attached hydrogens (tertiary/aromatic N) is 4. The zero-order valence-electron chi connectivity index (χ0n) is 15.3. The number of hydrogen-bond acceptors (Lipinski definition) is 5. The number of rotatable bonds is 6. The first-order valence-corrected chi connectivity index (χ1v) is 9.49. The zero-order valence-corrected chi connectivity index (χ0v) is 16.1. The summed E-state index contributed by atoms with van der Waals surface area (Å²) in [5.41, 5.74) is 0.0515. The van der Waals surface area contributed by atoms with E-state index in [0.29, 0.717) is 11.3 Å². The number of benzene rings is 2. The van der Waals surface area contributed by atoms with Crippen LogP contribution in [-0.2, 0) is 6.54 Å². The van der Waals surface area contributed by atoms with Crippen molar-refractivity contribution in [2.45, 2.75) is 13.0 Å². The number of hydrogen-bond donors (Lipinski definition) is 0. The minimum atomic E-state index is -2.83. The minimum absolute atomic E-state index is 0.00466. The van der Waals surface area contributed by atoms with Gasteiger partial charge in [0.15, 0.2) is 11.6 Å². The highest BCUT2D eigenvalue weighted by Gasteiger charge is 2.20. The van der Waals surface area contributed by atoms with E-state index in [0.717, 1.165) is 45.4 Å². The number of alkyl halides is 2. The number of aromatic nitrogens is 4. The van der Waals surface area contributed by atoms with Gasteiger partial charge in [0, 0.05) is 11.6 Å². The second-order valence-electron chi connectivity index (χ2n) is 6.19. The van der Waals surface area contributed by atoms with Gasteiger partial charge in [-0.2, -0.15) is 9.78 Å². The van der Waals surface area contributed by atoms with E-state index >= 15 is 0 Å². The maximum absolute atomic E-state index is 14.5. The standard InChI is InChI=1S/C19H11F5N4O2S/c20-12-2-1-3-13(21)11(12)7-27-8-26-28(19(27)29)10-4-5-15(14(22)6-10)30-18-16(17(23)24)31-9-25-18/h1-6,8-9,17H,7H2. The summed E-state index contributed by atoms with van der Waals surface area (Å²) in [5.74, 6) is -3.39. The third-order valence-electron chi connectivity index (χ3n) is 4.25. The van der Waals surface area contributed by atoms with Gasteiger partial charge in [0.05, 0.1) is 17.7 Å². The molecule has 12 heteroatoms. The van der Waals surface area contributed by atoms with Crippen molar-refractivity contribution in [1.82, 2.24) is 19.3 Å². The summed E-state index contributed by atoms with van der Waals surface area (Å²) < 4.78 is 74.8. The molecule has 31 heavy (non-hydrogen) atoms. The Morgan fingerprint density at radius 1 is 1.06 bits per heavy atom. The molecule has 0 radical (unpaired) electrons. The normalized spacial score (nSPS) is 11.3. The van der Waals surface area contributed by atoms with Gasteiger partial charge in [-0.1, -0.05) is 6.07 Å². The summed E-state index contributed by atoms with van der Waals surface area (Å²) in [6.45, 7) is -0.415. The molecule has 2 heterocycles. The molecule has 4 aromatic rings. The number of halogens is 5. The first-order chi connectivity index (χ1) is 14.8. The van der Waals surface area contributed by atoms with Crippen LogP contribution < -0.4 is 10.4 Å². The minimum Gasteiger partial charge on any atom is -0.435 e. The summed E-state index contributed by atoms with van der Waals surface area (Å²) in [4.78, 5) is 15.7. The van der Waals surface area contributed by atoms with E-state index in [-0.39, 0.29) is 17.0 Å². The van der Waals surface area contributed by atoms with Gasteiger partial charge in [0.2, 0.25) is 5.88 Å². The van der Waals surface area contributed by atoms with Crippen LogP contribution in [0.5, 0.6) is 11.6 Å². The molecule has 6 nitrogen and oxygen atoms in total. The van der Waals surface area contributed by atoms with Crippen LogP contribution in [0.1, 0.15) is 16.9 Å². The van der Waals surface area contributed by atoms with E-state index in [9.17, 15) is 26.7 Å². The molecule has 0 saturated heterocycles. The molecule has 0 spiro atoms. The van der Waals surface area contributed by atoms with Gasteiger partial charge in [-0.15, -0.1) is 11.3 Å². The molecule has 0 aliphatic rings. The predicted octanol–water partition coefficient (Wildman–Crippen LogP) is 4.69. The SMILES string of the molecule is O=c1n(Cc2c(F)cccc2F)cnn1-c1ccc(Oc2ncsc2C(F)F)c(F)c1. The smallest absolute Gasteiger partial charge is 0.350 e. The van der Waals surface area contributed by atoms with E-state index in [1.54, 1.807) is 0 Å². The maximum Gasteiger partial charge on any atom is 0.350 e. The van der Waals surface area contributed by atoms with Crippen molar-refractivity contribution in [1.29, 1.82) is 0 Å². The molecule has 0 N–H and O–H groups in total. The molecule has 4 rings (SSSR count). The Labute approximate surface area is 174 Å². The third kappa shape index (κ3) is 4.06. The van der Waals surface area contributed by atoms with Gasteiger partial charge >= 0.3 is 5.69 Å². The van der Waals surface area contributed by atoms with E-state index in [4.69, 9.17) is 4.74 Å². The highest BCUT2D eigenvalue weighted by atomic mass is 32.1. The molecule has 160 valence electrons. The van der Waals surface area contributed by atoms with E-state index in [1.807, 2.05) is 0 Å². The fourth-order valence-corrected chi connectivity index (χ4v) is 3.31. The molecule has 0 unspecified atom stereocenters. The molecular weight excluding hydrogens is 443 g/mol. The third-order valence-corrected chi connectivity index (χ3v) is 5.07. The summed E-state index contributed by atoms with van der Waals surface area (Å²) in [5, 5.41) is 3.83. The molecular formula is C19H11F5N4O2S. The van der Waals surface area contributed by atoms with Gasteiger partial charge in [0.25, 0.3) is 6.43 Å². The van der Waals surface area contributed by atoms with Crippen molar-refractivity contribution in [2.24, 2.45) is 0 Å². The van der Waals surface area contributed by atoms with E-state index < -0.39 is 46.9 Å². The van der Waals surface area contributed by atoms with Gasteiger partial charge in [-0.05, 0) is 24.3 Å². The Morgan fingerprint density at radius 2 is 1.81 bits per heavy atom. The van der Waals surface area contributed by atoms with Gasteiger partial charge in [-0.3, -0.25) is 4.57 Å². The molecule has 0 bridgehead atoms. The van der Waals surface area contributed by atoms with Crippen LogP contribution in [0.3, 0.4) is 0 Å². The van der Waals surface area contributed by atoms with Crippen LogP contribution in [0.2, 0.25) is 0 Å². The molecule has 0 saturated carbocycles. The summed E-state index contributed by atoms with van der Waals surface area (Å²) >= 11 is 0.670. The molecule has 0 aliphatic carbocycles. The molecule has 0 amide bonds. The largest absolute Gasteiger partial charge is 0.435 e. The number of thiazole rings is 1. The van der Waals surface area contributed by atoms with Crippen molar-refractivity contribution in [3.63, 3.8) is 0 Å². The lowest BCUT2D eigenvalue weighted by Crippen LogP contribution is -2.24. The van der Waals surface area contributed by atoms with Gasteiger partial charge < -0.3 is 4.74 Å². The Bertz CT molecular complexity index is 1280. The Kier molecular flexibility index (Phi) is 5.55. The van der Waals surface area contributed by atoms with Gasteiger partial charge in [-0.25, -0.2) is 31.7 Å². The Hall–Kier alpha value is -3.54. The highest BCUT2D eigenvalue weighted by molar-refractivity contribution is 7.10. The first kappa shape index (κ1) is 20.7. The quantitative estimate of drug-likeness (QED) is 0.397. The van der Waals surface area contributed by atoms with Crippen molar-refractivity contribution < 1.29 is 26.7 Å². The van der Waals surface area contributed by atoms with Crippen LogP contribution in [0.15, 0.2) is 53.0 Å². The Balaban J connectivity index is 1.60. The fraction of sp³-hybridized carbons (Fsp3) is 0.105. The second kappa shape index (κ2) is 8.30. The van der Waals surface area contributed by atoms with Crippen LogP contribution in [0, 0.1) is 17.5 Å². The van der Waals surface area contributed by atoms with Crippen LogP contribution in [-0.4, -0.2) is 19.3 Å². The van der Waals surface area contributed by atoms with Crippen molar-refractivity contribution >= 4 is 11.3 Å². The lowest BCUT2D eigenvalue weighted by molar-refractivity contribution is 0.152. The molecule has 0 atom stereocenters. The maximum atomic E-state index is 14.5. The topological polar surface area (TPSA) is 61.9 Å². The van der Waals surface area contributed by atoms with Crippen LogP contribution in [0.4, 0.5) is 22.0 Å². The molecule has 2 aromatic heterocycles. The summed E-state index contributed by atoms with van der Waals surface area (Å²) in [6.07, 6.45) is -1.77. The molecule has 0 fully saturated rings. The lowest BCUT2D eigenvalue weighted by atomic mass is 10.2. The second-order valence-corrected chi connectivity index (χ2v) is 7.08. The zero-order chi connectivity index (χ0) is 22.1. The van der Waals surface area contributed by atoms with E-state index in [1.165, 1.54) is 12.1 Å². The van der Waals surface area contributed by atoms with Crippen LogP contribution >= 0.6 is 11.3 Å². The molecule has 2 aromatic carbocycles. The van der Waals surface area contributed by atoms with Gasteiger partial charge in [0.1, 0.15) is 22.8 Å². The summed E-state index contributed by atoms with van der Waals surface area (Å²) in [6, 6.07) is 6.62. The predicted molar refractivity (Wildman–Crippen MR) is 100 cm³/mol. The van der Waals surface area contributed by atoms with Crippen molar-refractivity contribution in [3.8, 4) is 17.3 Å². The summed E-state index contributed by atoms with van der Waals surface area (Å²) in [7, 11) is 0. The monoisotopic (exact) mass is 454 g/mol. The van der Waals surface area contributed by atoms with Crippen molar-refractivity contribution in [3.05, 3.63) is 86.6 Å². The fourth-order valence-electron chi connectivity index (χ4n) is 2.75. The lowest BCUT2D eigenvalue weighted by Gasteiger charge is -2.08. The van der Waals surface area contributed by atoms with Crippen molar-refractivity contribution in [2.75, 3.05) is 0 Å².